The van der Waals surface area contributed by atoms with E-state index < -0.39 is 0 Å². The molecule has 0 radical (unpaired) electrons. The van der Waals surface area contributed by atoms with Gasteiger partial charge in [-0.25, -0.2) is 0 Å². The SMILES string of the molecule is Nc1ccc(N2CCC3CCCCC3C2)c2cccnc12. The number of rotatable bonds is 1. The zero-order valence-electron chi connectivity index (χ0n) is 12.5. The summed E-state index contributed by atoms with van der Waals surface area (Å²) in [6.07, 6.45) is 8.89. The second-order valence-electron chi connectivity index (χ2n) is 6.61. The van der Waals surface area contributed by atoms with E-state index in [0.717, 1.165) is 23.0 Å². The van der Waals surface area contributed by atoms with Gasteiger partial charge in [-0.15, -0.1) is 0 Å². The Bertz CT molecular complexity index is 652. The summed E-state index contributed by atoms with van der Waals surface area (Å²) in [6, 6.07) is 8.36. The third-order valence-electron chi connectivity index (χ3n) is 5.41. The van der Waals surface area contributed by atoms with Gasteiger partial charge in [0.1, 0.15) is 0 Å². The summed E-state index contributed by atoms with van der Waals surface area (Å²) in [7, 11) is 0. The lowest BCUT2D eigenvalue weighted by atomic mass is 9.75. The molecule has 2 heterocycles. The average Bonchev–Trinajstić information content (AvgIpc) is 2.55. The Hall–Kier alpha value is -1.77. The molecule has 1 saturated carbocycles. The molecule has 1 aromatic heterocycles. The quantitative estimate of drug-likeness (QED) is 0.808. The Labute approximate surface area is 126 Å². The second kappa shape index (κ2) is 5.21. The molecule has 3 nitrogen and oxygen atoms in total. The van der Waals surface area contributed by atoms with Crippen LogP contribution >= 0.6 is 0 Å². The van der Waals surface area contributed by atoms with Crippen molar-refractivity contribution in [1.29, 1.82) is 0 Å². The number of hydrogen-bond acceptors (Lipinski definition) is 3. The van der Waals surface area contributed by atoms with Gasteiger partial charge in [0.15, 0.2) is 0 Å². The predicted molar refractivity (Wildman–Crippen MR) is 88.4 cm³/mol. The number of piperidine rings is 1. The summed E-state index contributed by atoms with van der Waals surface area (Å²) in [5, 5.41) is 1.20. The minimum Gasteiger partial charge on any atom is -0.397 e. The van der Waals surface area contributed by atoms with Crippen LogP contribution in [0.5, 0.6) is 0 Å². The zero-order valence-corrected chi connectivity index (χ0v) is 12.5. The van der Waals surface area contributed by atoms with E-state index in [1.54, 1.807) is 0 Å². The van der Waals surface area contributed by atoms with Crippen molar-refractivity contribution in [3.63, 3.8) is 0 Å². The van der Waals surface area contributed by atoms with Crippen molar-refractivity contribution >= 4 is 22.3 Å². The molecule has 2 atom stereocenters. The van der Waals surface area contributed by atoms with Crippen LogP contribution in [0.25, 0.3) is 10.9 Å². The molecule has 0 spiro atoms. The molecular weight excluding hydrogens is 258 g/mol. The highest BCUT2D eigenvalue weighted by Crippen LogP contribution is 2.39. The summed E-state index contributed by atoms with van der Waals surface area (Å²) in [5.74, 6) is 1.85. The van der Waals surface area contributed by atoms with Crippen molar-refractivity contribution in [3.8, 4) is 0 Å². The molecule has 1 aromatic carbocycles. The summed E-state index contributed by atoms with van der Waals surface area (Å²) < 4.78 is 0. The first-order chi connectivity index (χ1) is 10.3. The van der Waals surface area contributed by atoms with Crippen LogP contribution in [-0.2, 0) is 0 Å². The first kappa shape index (κ1) is 12.9. The number of benzene rings is 1. The number of fused-ring (bicyclic) bond motifs is 2. The molecule has 110 valence electrons. The fraction of sp³-hybridized carbons (Fsp3) is 0.500. The second-order valence-corrected chi connectivity index (χ2v) is 6.61. The van der Waals surface area contributed by atoms with Crippen molar-refractivity contribution in [2.75, 3.05) is 23.7 Å². The number of hydrogen-bond donors (Lipinski definition) is 1. The first-order valence-corrected chi connectivity index (χ1v) is 8.21. The summed E-state index contributed by atoms with van der Waals surface area (Å²) in [6.45, 7) is 2.38. The van der Waals surface area contributed by atoms with E-state index in [1.807, 2.05) is 18.3 Å². The van der Waals surface area contributed by atoms with Gasteiger partial charge in [0.25, 0.3) is 0 Å². The van der Waals surface area contributed by atoms with Crippen molar-refractivity contribution in [2.45, 2.75) is 32.1 Å². The van der Waals surface area contributed by atoms with Crippen LogP contribution in [0.1, 0.15) is 32.1 Å². The van der Waals surface area contributed by atoms with Gasteiger partial charge in [-0.2, -0.15) is 0 Å². The Balaban J connectivity index is 1.69. The van der Waals surface area contributed by atoms with Gasteiger partial charge in [0.05, 0.1) is 11.2 Å². The molecule has 0 amide bonds. The standard InChI is InChI=1S/C18H23N3/c19-16-7-8-17(15-6-3-10-20-18(15)16)21-11-9-13-4-1-2-5-14(13)12-21/h3,6-8,10,13-14H,1-2,4-5,9,11-12,19H2. The number of nitrogens with two attached hydrogens (primary N) is 1. The van der Waals surface area contributed by atoms with Gasteiger partial charge in [0, 0.05) is 30.4 Å². The van der Waals surface area contributed by atoms with Crippen LogP contribution in [0, 0.1) is 11.8 Å². The Kier molecular flexibility index (Phi) is 3.21. The van der Waals surface area contributed by atoms with Crippen LogP contribution < -0.4 is 10.6 Å². The molecule has 1 aliphatic heterocycles. The van der Waals surface area contributed by atoms with E-state index in [4.69, 9.17) is 5.73 Å². The third kappa shape index (κ3) is 2.25. The number of anilines is 2. The monoisotopic (exact) mass is 281 g/mol. The molecule has 1 saturated heterocycles. The number of aromatic nitrogens is 1. The molecule has 2 aromatic rings. The summed E-state index contributed by atoms with van der Waals surface area (Å²) in [5.41, 5.74) is 9.12. The highest BCUT2D eigenvalue weighted by atomic mass is 15.1. The predicted octanol–water partition coefficient (Wildman–Crippen LogP) is 3.83. The summed E-state index contributed by atoms with van der Waals surface area (Å²) in [4.78, 5) is 7.03. The highest BCUT2D eigenvalue weighted by molar-refractivity contribution is 5.98. The van der Waals surface area contributed by atoms with Crippen molar-refractivity contribution < 1.29 is 0 Å². The normalized spacial score (nSPS) is 25.8. The highest BCUT2D eigenvalue weighted by Gasteiger charge is 2.31. The minimum absolute atomic E-state index is 0.780. The molecule has 4 rings (SSSR count). The Morgan fingerprint density at radius 2 is 1.90 bits per heavy atom. The average molecular weight is 281 g/mol. The molecule has 0 bridgehead atoms. The smallest absolute Gasteiger partial charge is 0.0951 e. The van der Waals surface area contributed by atoms with E-state index in [2.05, 4.69) is 22.0 Å². The lowest BCUT2D eigenvalue weighted by Gasteiger charge is -2.42. The topological polar surface area (TPSA) is 42.1 Å². The number of nitrogens with zero attached hydrogens (tertiary/aromatic N) is 2. The fourth-order valence-electron chi connectivity index (χ4n) is 4.27. The van der Waals surface area contributed by atoms with Gasteiger partial charge in [0.2, 0.25) is 0 Å². The first-order valence-electron chi connectivity index (χ1n) is 8.21. The van der Waals surface area contributed by atoms with Crippen LogP contribution in [0.2, 0.25) is 0 Å². The van der Waals surface area contributed by atoms with Gasteiger partial charge in [-0.1, -0.05) is 19.3 Å². The van der Waals surface area contributed by atoms with Crippen molar-refractivity contribution in [2.24, 2.45) is 11.8 Å². The van der Waals surface area contributed by atoms with Gasteiger partial charge in [-0.05, 0) is 48.9 Å². The van der Waals surface area contributed by atoms with Gasteiger partial charge >= 0.3 is 0 Å². The van der Waals surface area contributed by atoms with Crippen LogP contribution in [0.15, 0.2) is 30.5 Å². The molecule has 2 aliphatic rings. The molecule has 2 N–H and O–H groups in total. The molecule has 1 aliphatic carbocycles. The van der Waals surface area contributed by atoms with E-state index in [1.165, 1.54) is 56.3 Å². The maximum atomic E-state index is 6.08. The fourth-order valence-corrected chi connectivity index (χ4v) is 4.27. The minimum atomic E-state index is 0.780. The van der Waals surface area contributed by atoms with E-state index in [-0.39, 0.29) is 0 Å². The number of pyridine rings is 1. The molecular formula is C18H23N3. The van der Waals surface area contributed by atoms with Crippen LogP contribution in [0.3, 0.4) is 0 Å². The molecule has 21 heavy (non-hydrogen) atoms. The van der Waals surface area contributed by atoms with E-state index >= 15 is 0 Å². The molecule has 3 heteroatoms. The number of nitrogen functional groups attached to an aromatic ring is 1. The third-order valence-corrected chi connectivity index (χ3v) is 5.41. The maximum Gasteiger partial charge on any atom is 0.0951 e. The zero-order chi connectivity index (χ0) is 14.2. The van der Waals surface area contributed by atoms with Gasteiger partial charge < -0.3 is 10.6 Å². The van der Waals surface area contributed by atoms with Gasteiger partial charge in [-0.3, -0.25) is 4.98 Å². The Morgan fingerprint density at radius 1 is 1.05 bits per heavy atom. The molecule has 2 fully saturated rings. The summed E-state index contributed by atoms with van der Waals surface area (Å²) >= 11 is 0. The largest absolute Gasteiger partial charge is 0.397 e. The lowest BCUT2D eigenvalue weighted by Crippen LogP contribution is -2.41. The molecule has 2 unspecified atom stereocenters. The van der Waals surface area contributed by atoms with Crippen LogP contribution in [-0.4, -0.2) is 18.1 Å². The Morgan fingerprint density at radius 3 is 2.81 bits per heavy atom. The van der Waals surface area contributed by atoms with E-state index in [9.17, 15) is 0 Å². The van der Waals surface area contributed by atoms with Crippen LogP contribution in [0.4, 0.5) is 11.4 Å². The lowest BCUT2D eigenvalue weighted by molar-refractivity contribution is 0.202. The van der Waals surface area contributed by atoms with Crippen molar-refractivity contribution in [1.82, 2.24) is 4.98 Å². The van der Waals surface area contributed by atoms with E-state index in [0.29, 0.717) is 0 Å². The maximum absolute atomic E-state index is 6.08. The van der Waals surface area contributed by atoms with Crippen molar-refractivity contribution in [3.05, 3.63) is 30.5 Å².